The second-order valence-corrected chi connectivity index (χ2v) is 6.65. The van der Waals surface area contributed by atoms with Crippen LogP contribution in [-0.4, -0.2) is 32.0 Å². The molecule has 2 heterocycles. The lowest BCUT2D eigenvalue weighted by Gasteiger charge is -2.06. The number of carbonyl (C=O) groups is 1. The van der Waals surface area contributed by atoms with E-state index >= 15 is 0 Å². The van der Waals surface area contributed by atoms with E-state index in [4.69, 9.17) is 4.52 Å². The van der Waals surface area contributed by atoms with Crippen LogP contribution < -0.4 is 5.32 Å². The molecule has 0 saturated carbocycles. The number of thioether (sulfide) groups is 1. The highest BCUT2D eigenvalue weighted by Gasteiger charge is 2.11. The Morgan fingerprint density at radius 3 is 2.84 bits per heavy atom. The maximum atomic E-state index is 12.2. The van der Waals surface area contributed by atoms with Gasteiger partial charge < -0.3 is 9.84 Å². The van der Waals surface area contributed by atoms with Crippen molar-refractivity contribution in [3.63, 3.8) is 0 Å². The number of nitrogens with one attached hydrogen (secondary N) is 2. The van der Waals surface area contributed by atoms with Crippen molar-refractivity contribution in [2.45, 2.75) is 26.5 Å². The first-order valence-corrected chi connectivity index (χ1v) is 8.97. The molecule has 0 aliphatic heterocycles. The molecule has 7 nitrogen and oxygen atoms in total. The molecule has 1 aromatic carbocycles. The number of anilines is 1. The zero-order valence-corrected chi connectivity index (χ0v) is 15.1. The summed E-state index contributed by atoms with van der Waals surface area (Å²) < 4.78 is 5.13. The maximum absolute atomic E-state index is 12.2. The van der Waals surface area contributed by atoms with Crippen LogP contribution in [-0.2, 0) is 10.5 Å². The van der Waals surface area contributed by atoms with Gasteiger partial charge in [0.05, 0.1) is 11.4 Å². The summed E-state index contributed by atoms with van der Waals surface area (Å²) in [5.41, 5.74) is 3.51. The number of aryl methyl sites for hydroxylation is 3. The Bertz CT molecular complexity index is 867. The average Bonchev–Trinajstić information content (AvgIpc) is 3.15. The summed E-state index contributed by atoms with van der Waals surface area (Å²) in [6, 6.07) is 7.48. The molecule has 0 atom stereocenters. The second kappa shape index (κ2) is 7.52. The van der Waals surface area contributed by atoms with Gasteiger partial charge in [-0.2, -0.15) is 5.10 Å². The Labute approximate surface area is 149 Å². The Kier molecular flexibility index (Phi) is 5.18. The fourth-order valence-corrected chi connectivity index (χ4v) is 3.33. The van der Waals surface area contributed by atoms with Gasteiger partial charge in [0.1, 0.15) is 11.6 Å². The van der Waals surface area contributed by atoms with E-state index in [-0.39, 0.29) is 5.91 Å². The molecule has 8 heteroatoms. The van der Waals surface area contributed by atoms with E-state index in [0.717, 1.165) is 34.1 Å². The van der Waals surface area contributed by atoms with Crippen molar-refractivity contribution < 1.29 is 9.32 Å². The van der Waals surface area contributed by atoms with E-state index in [1.54, 1.807) is 0 Å². The monoisotopic (exact) mass is 357 g/mol. The van der Waals surface area contributed by atoms with Crippen LogP contribution >= 0.6 is 11.8 Å². The van der Waals surface area contributed by atoms with Crippen molar-refractivity contribution in [1.29, 1.82) is 0 Å². The van der Waals surface area contributed by atoms with Crippen molar-refractivity contribution in [3.05, 3.63) is 47.1 Å². The third kappa shape index (κ3) is 4.27. The minimum Gasteiger partial charge on any atom is -0.361 e. The molecule has 0 bridgehead atoms. The number of hydrogen-bond acceptors (Lipinski definition) is 6. The molecule has 0 radical (unpaired) electrons. The largest absolute Gasteiger partial charge is 0.361 e. The van der Waals surface area contributed by atoms with E-state index in [0.29, 0.717) is 17.3 Å². The van der Waals surface area contributed by atoms with E-state index in [2.05, 4.69) is 25.7 Å². The number of nitrogens with zero attached hydrogens (tertiary/aromatic N) is 3. The Balaban J connectivity index is 1.56. The zero-order chi connectivity index (χ0) is 17.8. The van der Waals surface area contributed by atoms with Gasteiger partial charge in [-0.05, 0) is 32.9 Å². The van der Waals surface area contributed by atoms with Crippen LogP contribution in [0.5, 0.6) is 0 Å². The smallest absolute Gasteiger partial charge is 0.234 e. The minimum absolute atomic E-state index is 0.0555. The molecule has 1 amide bonds. The highest BCUT2D eigenvalue weighted by molar-refractivity contribution is 7.99. The second-order valence-electron chi connectivity index (χ2n) is 5.67. The van der Waals surface area contributed by atoms with E-state index in [1.165, 1.54) is 11.8 Å². The molecule has 2 aromatic heterocycles. The van der Waals surface area contributed by atoms with Crippen molar-refractivity contribution in [3.8, 4) is 11.4 Å². The molecule has 130 valence electrons. The van der Waals surface area contributed by atoms with Gasteiger partial charge in [-0.25, -0.2) is 4.98 Å². The van der Waals surface area contributed by atoms with Crippen LogP contribution in [0.3, 0.4) is 0 Å². The summed E-state index contributed by atoms with van der Waals surface area (Å²) in [6.45, 7) is 5.63. The molecule has 3 aromatic rings. The van der Waals surface area contributed by atoms with Gasteiger partial charge in [-0.3, -0.25) is 9.89 Å². The number of hydrogen-bond donors (Lipinski definition) is 2. The zero-order valence-electron chi connectivity index (χ0n) is 14.3. The standard InChI is InChI=1S/C17H19N5O2S/c1-10-15(11(2)24-22-10)8-25-9-16(23)19-14-6-4-5-13(7-14)17-18-12(3)20-21-17/h4-7H,8-9H2,1-3H3,(H,19,23)(H,18,20,21). The molecular formula is C17H19N5O2S. The molecule has 0 aliphatic carbocycles. The summed E-state index contributed by atoms with van der Waals surface area (Å²) in [5, 5.41) is 13.8. The lowest BCUT2D eigenvalue weighted by Crippen LogP contribution is -2.14. The predicted octanol–water partition coefficient (Wildman–Crippen LogP) is 3.26. The molecule has 0 saturated heterocycles. The molecule has 3 rings (SSSR count). The predicted molar refractivity (Wildman–Crippen MR) is 97.3 cm³/mol. The summed E-state index contributed by atoms with van der Waals surface area (Å²) in [4.78, 5) is 16.5. The van der Waals surface area contributed by atoms with Crippen molar-refractivity contribution in [1.82, 2.24) is 20.3 Å². The summed E-state index contributed by atoms with van der Waals surface area (Å²) in [6.07, 6.45) is 0. The molecule has 0 spiro atoms. The number of aromatic amines is 1. The number of aromatic nitrogens is 4. The highest BCUT2D eigenvalue weighted by atomic mass is 32.2. The number of carbonyl (C=O) groups excluding carboxylic acids is 1. The van der Waals surface area contributed by atoms with Crippen LogP contribution in [0.4, 0.5) is 5.69 Å². The fraction of sp³-hybridized carbons (Fsp3) is 0.294. The first kappa shape index (κ1) is 17.2. The van der Waals surface area contributed by atoms with Gasteiger partial charge in [0, 0.05) is 22.6 Å². The third-order valence-electron chi connectivity index (χ3n) is 3.66. The molecule has 2 N–H and O–H groups in total. The highest BCUT2D eigenvalue weighted by Crippen LogP contribution is 2.21. The van der Waals surface area contributed by atoms with Gasteiger partial charge >= 0.3 is 0 Å². The topological polar surface area (TPSA) is 96.7 Å². The van der Waals surface area contributed by atoms with Gasteiger partial charge in [-0.1, -0.05) is 17.3 Å². The van der Waals surface area contributed by atoms with Gasteiger partial charge in [0.2, 0.25) is 5.91 Å². The van der Waals surface area contributed by atoms with E-state index in [1.807, 2.05) is 45.0 Å². The Morgan fingerprint density at radius 1 is 1.32 bits per heavy atom. The third-order valence-corrected chi connectivity index (χ3v) is 4.62. The van der Waals surface area contributed by atoms with E-state index in [9.17, 15) is 4.79 Å². The van der Waals surface area contributed by atoms with Crippen molar-refractivity contribution in [2.75, 3.05) is 11.1 Å². The summed E-state index contributed by atoms with van der Waals surface area (Å²) >= 11 is 1.53. The first-order valence-electron chi connectivity index (χ1n) is 7.81. The Morgan fingerprint density at radius 2 is 2.16 bits per heavy atom. The summed E-state index contributed by atoms with van der Waals surface area (Å²) in [7, 11) is 0. The quantitative estimate of drug-likeness (QED) is 0.703. The normalized spacial score (nSPS) is 10.8. The maximum Gasteiger partial charge on any atom is 0.234 e. The minimum atomic E-state index is -0.0555. The van der Waals surface area contributed by atoms with Crippen molar-refractivity contribution in [2.24, 2.45) is 0 Å². The average molecular weight is 357 g/mol. The SMILES string of the molecule is Cc1nc(-c2cccc(NC(=O)CSCc3c(C)noc3C)c2)n[nH]1. The van der Waals surface area contributed by atoms with Crippen molar-refractivity contribution >= 4 is 23.4 Å². The van der Waals surface area contributed by atoms with Gasteiger partial charge in [0.15, 0.2) is 5.82 Å². The van der Waals surface area contributed by atoms with Crippen LogP contribution in [0.15, 0.2) is 28.8 Å². The van der Waals surface area contributed by atoms with Gasteiger partial charge in [0.25, 0.3) is 0 Å². The van der Waals surface area contributed by atoms with Crippen LogP contribution in [0.25, 0.3) is 11.4 Å². The van der Waals surface area contributed by atoms with Crippen LogP contribution in [0.2, 0.25) is 0 Å². The number of H-pyrrole nitrogens is 1. The summed E-state index contributed by atoms with van der Waals surface area (Å²) in [5.74, 6) is 3.17. The lowest BCUT2D eigenvalue weighted by atomic mass is 10.2. The number of amides is 1. The van der Waals surface area contributed by atoms with Crippen LogP contribution in [0.1, 0.15) is 22.8 Å². The fourth-order valence-electron chi connectivity index (χ4n) is 2.36. The van der Waals surface area contributed by atoms with Crippen LogP contribution in [0, 0.1) is 20.8 Å². The Hall–Kier alpha value is -2.61. The number of benzene rings is 1. The van der Waals surface area contributed by atoms with E-state index < -0.39 is 0 Å². The number of rotatable bonds is 6. The first-order chi connectivity index (χ1) is 12.0. The van der Waals surface area contributed by atoms with Gasteiger partial charge in [-0.15, -0.1) is 11.8 Å². The molecule has 0 unspecified atom stereocenters. The lowest BCUT2D eigenvalue weighted by molar-refractivity contribution is -0.113. The molecule has 0 fully saturated rings. The molecular weight excluding hydrogens is 338 g/mol. The molecule has 0 aliphatic rings. The molecule has 25 heavy (non-hydrogen) atoms.